The molecule has 1 atom stereocenters. The van der Waals surface area contributed by atoms with Crippen LogP contribution >= 0.6 is 11.8 Å². The number of aliphatic carboxylic acids is 1. The predicted octanol–water partition coefficient (Wildman–Crippen LogP) is 1.75. The molecule has 2 aliphatic rings. The molecule has 7 nitrogen and oxygen atoms in total. The summed E-state index contributed by atoms with van der Waals surface area (Å²) in [5.74, 6) is -1.82. The van der Waals surface area contributed by atoms with Crippen molar-refractivity contribution in [2.75, 3.05) is 25.1 Å². The van der Waals surface area contributed by atoms with Gasteiger partial charge < -0.3 is 9.84 Å². The first kappa shape index (κ1) is 21.9. The maximum Gasteiger partial charge on any atom is 0.490 e. The molecule has 12 heteroatoms. The quantitative estimate of drug-likeness (QED) is 0.780. The summed E-state index contributed by atoms with van der Waals surface area (Å²) in [6, 6.07) is 5.79. The van der Waals surface area contributed by atoms with Gasteiger partial charge in [-0.2, -0.15) is 17.5 Å². The van der Waals surface area contributed by atoms with E-state index in [1.165, 1.54) is 6.26 Å². The highest BCUT2D eigenvalue weighted by molar-refractivity contribution is 8.01. The summed E-state index contributed by atoms with van der Waals surface area (Å²) < 4.78 is 62.1. The first-order valence-corrected chi connectivity index (χ1v) is 10.7. The largest absolute Gasteiger partial charge is 0.490 e. The number of thioether (sulfide) groups is 1. The third kappa shape index (κ3) is 6.33. The number of nitrogens with zero attached hydrogens (tertiary/aromatic N) is 2. The summed E-state index contributed by atoms with van der Waals surface area (Å²) in [5, 5.41) is 7.12. The van der Waals surface area contributed by atoms with Crippen LogP contribution in [0.1, 0.15) is 12.1 Å². The van der Waals surface area contributed by atoms with E-state index in [1.54, 1.807) is 10.5 Å². The molecule has 0 amide bonds. The second kappa shape index (κ2) is 8.33. The van der Waals surface area contributed by atoms with Gasteiger partial charge in [0.05, 0.1) is 24.7 Å². The second-order valence-electron chi connectivity index (χ2n) is 6.29. The van der Waals surface area contributed by atoms with Gasteiger partial charge in [0.2, 0.25) is 10.0 Å². The molecule has 0 radical (unpaired) electrons. The molecule has 2 saturated heterocycles. The number of ether oxygens (including phenoxy) is 1. The van der Waals surface area contributed by atoms with E-state index >= 15 is 0 Å². The van der Waals surface area contributed by atoms with E-state index in [4.69, 9.17) is 14.6 Å². The van der Waals surface area contributed by atoms with Crippen LogP contribution in [-0.2, 0) is 26.2 Å². The number of sulfonamides is 1. The van der Waals surface area contributed by atoms with Crippen molar-refractivity contribution in [3.8, 4) is 0 Å². The summed E-state index contributed by atoms with van der Waals surface area (Å²) in [5.41, 5.74) is 0.935. The zero-order valence-corrected chi connectivity index (χ0v) is 16.0. The minimum Gasteiger partial charge on any atom is -0.475 e. The van der Waals surface area contributed by atoms with Crippen LogP contribution in [0.15, 0.2) is 24.4 Å². The van der Waals surface area contributed by atoms with Gasteiger partial charge in [-0.15, -0.1) is 11.8 Å². The molecule has 0 aromatic carbocycles. The van der Waals surface area contributed by atoms with E-state index in [0.29, 0.717) is 19.7 Å². The van der Waals surface area contributed by atoms with Crippen LogP contribution in [0.5, 0.6) is 0 Å². The number of aromatic nitrogens is 1. The van der Waals surface area contributed by atoms with E-state index in [9.17, 15) is 21.6 Å². The molecule has 1 unspecified atom stereocenters. The van der Waals surface area contributed by atoms with E-state index in [1.807, 2.05) is 30.0 Å². The number of carboxylic acids is 1. The maximum absolute atomic E-state index is 11.4. The number of halogens is 3. The molecule has 2 aliphatic heterocycles. The van der Waals surface area contributed by atoms with Crippen molar-refractivity contribution in [2.24, 2.45) is 0 Å². The van der Waals surface area contributed by atoms with Gasteiger partial charge in [0.15, 0.2) is 0 Å². The number of hydrogen-bond donors (Lipinski definition) is 1. The highest BCUT2D eigenvalue weighted by Crippen LogP contribution is 2.46. The lowest BCUT2D eigenvalue weighted by Gasteiger charge is -2.45. The summed E-state index contributed by atoms with van der Waals surface area (Å²) in [7, 11) is -3.03. The van der Waals surface area contributed by atoms with Crippen molar-refractivity contribution in [2.45, 2.75) is 30.1 Å². The molecule has 1 aromatic heterocycles. The van der Waals surface area contributed by atoms with Gasteiger partial charge in [-0.05, 0) is 18.6 Å². The third-order valence-corrected chi connectivity index (χ3v) is 6.78. The Hall–Kier alpha value is -1.37. The van der Waals surface area contributed by atoms with Crippen LogP contribution in [0.2, 0.25) is 0 Å². The Labute approximate surface area is 159 Å². The Kier molecular flexibility index (Phi) is 6.77. The maximum atomic E-state index is 11.4. The Bertz CT molecular complexity index is 752. The molecule has 1 aromatic rings. The monoisotopic (exact) mass is 428 g/mol. The fourth-order valence-electron chi connectivity index (χ4n) is 2.65. The van der Waals surface area contributed by atoms with Crippen molar-refractivity contribution >= 4 is 27.8 Å². The molecule has 1 N–H and O–H groups in total. The predicted molar refractivity (Wildman–Crippen MR) is 92.7 cm³/mol. The molecule has 1 spiro atoms. The standard InChI is InChI=1S/C13H18N2O3S2.C2HF3O2/c1-20(16,17)15-9-13(10-15)6-12(8-19-13)18-7-11-4-2-3-5-14-11;3-2(4,5)1(6)7/h2-5,12H,6-10H2,1H3;(H,6,7). The van der Waals surface area contributed by atoms with Crippen molar-refractivity contribution in [1.29, 1.82) is 0 Å². The van der Waals surface area contributed by atoms with E-state index in [0.717, 1.165) is 17.9 Å². The number of pyridine rings is 1. The topological polar surface area (TPSA) is 96.8 Å². The first-order valence-electron chi connectivity index (χ1n) is 7.82. The fraction of sp³-hybridized carbons (Fsp3) is 0.600. The molecule has 27 heavy (non-hydrogen) atoms. The lowest BCUT2D eigenvalue weighted by molar-refractivity contribution is -0.192. The Balaban J connectivity index is 0.000000321. The van der Waals surface area contributed by atoms with E-state index < -0.39 is 22.2 Å². The van der Waals surface area contributed by atoms with E-state index in [-0.39, 0.29) is 10.9 Å². The van der Waals surface area contributed by atoms with Gasteiger partial charge in [-0.25, -0.2) is 13.2 Å². The first-order chi connectivity index (χ1) is 12.4. The third-order valence-electron chi connectivity index (χ3n) is 4.01. The van der Waals surface area contributed by atoms with Crippen LogP contribution in [-0.4, -0.2) is 70.9 Å². The van der Waals surface area contributed by atoms with E-state index in [2.05, 4.69) is 4.98 Å². The summed E-state index contributed by atoms with van der Waals surface area (Å²) in [4.78, 5) is 13.1. The van der Waals surface area contributed by atoms with Gasteiger partial charge in [0.1, 0.15) is 0 Å². The molecular weight excluding hydrogens is 409 g/mol. The van der Waals surface area contributed by atoms with Gasteiger partial charge in [0.25, 0.3) is 0 Å². The lowest BCUT2D eigenvalue weighted by Crippen LogP contribution is -2.60. The Morgan fingerprint density at radius 2 is 2.07 bits per heavy atom. The normalized spacial score (nSPS) is 22.0. The van der Waals surface area contributed by atoms with Crippen molar-refractivity contribution < 1.29 is 36.2 Å². The SMILES string of the molecule is CS(=O)(=O)N1CC2(CC(OCc3ccccn3)CS2)C1.O=C(O)C(F)(F)F. The van der Waals surface area contributed by atoms with Gasteiger partial charge >= 0.3 is 12.1 Å². The van der Waals surface area contributed by atoms with Crippen molar-refractivity contribution in [1.82, 2.24) is 9.29 Å². The van der Waals surface area contributed by atoms with Gasteiger partial charge in [-0.1, -0.05) is 6.07 Å². The number of alkyl halides is 3. The molecule has 152 valence electrons. The van der Waals surface area contributed by atoms with Crippen LogP contribution < -0.4 is 0 Å². The smallest absolute Gasteiger partial charge is 0.475 e. The fourth-order valence-corrected chi connectivity index (χ4v) is 5.33. The minimum absolute atomic E-state index is 0.0812. The Morgan fingerprint density at radius 3 is 2.56 bits per heavy atom. The second-order valence-corrected chi connectivity index (χ2v) is 9.76. The zero-order valence-electron chi connectivity index (χ0n) is 14.3. The number of hydrogen-bond acceptors (Lipinski definition) is 6. The van der Waals surface area contributed by atoms with Crippen LogP contribution in [0, 0.1) is 0 Å². The molecule has 3 heterocycles. The van der Waals surface area contributed by atoms with Crippen LogP contribution in [0.4, 0.5) is 13.2 Å². The summed E-state index contributed by atoms with van der Waals surface area (Å²) in [6.45, 7) is 1.78. The summed E-state index contributed by atoms with van der Waals surface area (Å²) in [6.07, 6.45) is -0.923. The molecular formula is C15H19F3N2O5S2. The molecule has 2 fully saturated rings. The highest BCUT2D eigenvalue weighted by Gasteiger charge is 2.52. The minimum atomic E-state index is -5.08. The average Bonchev–Trinajstić information content (AvgIpc) is 2.96. The molecule has 0 saturated carbocycles. The zero-order chi connectivity index (χ0) is 20.3. The van der Waals surface area contributed by atoms with Gasteiger partial charge in [0, 0.05) is 29.8 Å². The van der Waals surface area contributed by atoms with Crippen LogP contribution in [0.3, 0.4) is 0 Å². The van der Waals surface area contributed by atoms with Crippen LogP contribution in [0.25, 0.3) is 0 Å². The average molecular weight is 428 g/mol. The molecule has 3 rings (SSSR count). The number of rotatable bonds is 4. The van der Waals surface area contributed by atoms with Crippen molar-refractivity contribution in [3.05, 3.63) is 30.1 Å². The highest BCUT2D eigenvalue weighted by atomic mass is 32.2. The molecule has 0 bridgehead atoms. The van der Waals surface area contributed by atoms with Gasteiger partial charge in [-0.3, -0.25) is 4.98 Å². The molecule has 0 aliphatic carbocycles. The van der Waals surface area contributed by atoms with Crippen molar-refractivity contribution in [3.63, 3.8) is 0 Å². The Morgan fingerprint density at radius 1 is 1.44 bits per heavy atom. The summed E-state index contributed by atoms with van der Waals surface area (Å²) >= 11 is 1.84. The number of carbonyl (C=O) groups is 1. The lowest BCUT2D eigenvalue weighted by atomic mass is 9.95. The number of carboxylic acid groups (broad SMARTS) is 1.